The zero-order valence-electron chi connectivity index (χ0n) is 18.9. The van der Waals surface area contributed by atoms with Gasteiger partial charge in [0.1, 0.15) is 5.69 Å². The van der Waals surface area contributed by atoms with Crippen LogP contribution in [-0.4, -0.2) is 45.8 Å². The molecule has 9 heteroatoms. The fraction of sp³-hybridized carbons (Fsp3) is 0.308. The molecule has 2 amide bonds. The zero-order valence-corrected chi connectivity index (χ0v) is 19.7. The fourth-order valence-corrected chi connectivity index (χ4v) is 5.49. The predicted octanol–water partition coefficient (Wildman–Crippen LogP) is 4.43. The summed E-state index contributed by atoms with van der Waals surface area (Å²) in [5.74, 6) is -1.34. The number of carboxylic acid groups (broad SMARTS) is 1. The standard InChI is InChI=1S/C26H23ClN4O4/c27-16-4-3-5-19(14-16)31-23-21(22(28-31)25(34)35)26(11-12-26)15-30(24(23)33)18-9-7-17(8-10-18)29-13-2-1-6-20(29)32/h3-5,7-10,14H,1-2,6,11-13,15H2,(H,34,35). The molecule has 2 aliphatic heterocycles. The quantitative estimate of drug-likeness (QED) is 0.583. The SMILES string of the molecule is O=C(O)c1nn(-c2cccc(Cl)c2)c2c1C1(CC1)CN(c1ccc(N3CCCCC3=O)cc1)C2=O. The van der Waals surface area contributed by atoms with Crippen LogP contribution in [0.4, 0.5) is 11.4 Å². The summed E-state index contributed by atoms with van der Waals surface area (Å²) in [5, 5.41) is 14.7. The van der Waals surface area contributed by atoms with E-state index in [2.05, 4.69) is 5.10 Å². The van der Waals surface area contributed by atoms with Crippen LogP contribution >= 0.6 is 11.6 Å². The van der Waals surface area contributed by atoms with Crippen LogP contribution in [0.1, 0.15) is 58.6 Å². The molecule has 0 unspecified atom stereocenters. The van der Waals surface area contributed by atoms with Crippen molar-refractivity contribution in [1.82, 2.24) is 9.78 Å². The van der Waals surface area contributed by atoms with Gasteiger partial charge in [-0.15, -0.1) is 0 Å². The van der Waals surface area contributed by atoms with Gasteiger partial charge in [-0.05, 0) is 68.1 Å². The number of halogens is 1. The molecule has 35 heavy (non-hydrogen) atoms. The number of benzene rings is 2. The van der Waals surface area contributed by atoms with Crippen LogP contribution < -0.4 is 9.80 Å². The van der Waals surface area contributed by atoms with Crippen molar-refractivity contribution in [3.63, 3.8) is 0 Å². The number of nitrogens with zero attached hydrogens (tertiary/aromatic N) is 4. The molecule has 1 N–H and O–H groups in total. The number of aromatic nitrogens is 2. The van der Waals surface area contributed by atoms with Crippen LogP contribution in [0.3, 0.4) is 0 Å². The second-order valence-electron chi connectivity index (χ2n) is 9.46. The maximum absolute atomic E-state index is 13.9. The van der Waals surface area contributed by atoms with E-state index in [4.69, 9.17) is 11.6 Å². The van der Waals surface area contributed by atoms with Gasteiger partial charge in [0.25, 0.3) is 5.91 Å². The predicted molar refractivity (Wildman–Crippen MR) is 131 cm³/mol. The molecule has 178 valence electrons. The molecule has 1 aliphatic carbocycles. The summed E-state index contributed by atoms with van der Waals surface area (Å²) in [6, 6.07) is 14.3. The number of fused-ring (bicyclic) bond motifs is 2. The van der Waals surface area contributed by atoms with Gasteiger partial charge in [-0.2, -0.15) is 5.10 Å². The van der Waals surface area contributed by atoms with Crippen LogP contribution in [0.25, 0.3) is 5.69 Å². The van der Waals surface area contributed by atoms with Crippen LogP contribution in [0.2, 0.25) is 5.02 Å². The van der Waals surface area contributed by atoms with Gasteiger partial charge in [0, 0.05) is 46.9 Å². The van der Waals surface area contributed by atoms with E-state index in [1.54, 1.807) is 34.1 Å². The highest BCUT2D eigenvalue weighted by atomic mass is 35.5. The minimum atomic E-state index is -1.15. The third kappa shape index (κ3) is 3.51. The third-order valence-corrected chi connectivity index (χ3v) is 7.46. The number of amides is 2. The molecule has 3 aliphatic rings. The minimum Gasteiger partial charge on any atom is -0.476 e. The van der Waals surface area contributed by atoms with Gasteiger partial charge in [0.15, 0.2) is 5.69 Å². The van der Waals surface area contributed by atoms with E-state index in [1.165, 1.54) is 4.68 Å². The normalized spacial score (nSPS) is 18.7. The molecule has 3 heterocycles. The number of anilines is 2. The van der Waals surface area contributed by atoms with Crippen molar-refractivity contribution < 1.29 is 19.5 Å². The van der Waals surface area contributed by atoms with E-state index < -0.39 is 11.4 Å². The summed E-state index contributed by atoms with van der Waals surface area (Å²) in [6.45, 7) is 1.09. The number of carbonyl (C=O) groups excluding carboxylic acids is 2. The Kier molecular flexibility index (Phi) is 4.96. The maximum atomic E-state index is 13.9. The Labute approximate surface area is 206 Å². The van der Waals surface area contributed by atoms with Crippen molar-refractivity contribution in [2.24, 2.45) is 0 Å². The number of carboxylic acids is 1. The van der Waals surface area contributed by atoms with Crippen LogP contribution in [0.5, 0.6) is 0 Å². The van der Waals surface area contributed by atoms with Crippen molar-refractivity contribution in [2.75, 3.05) is 22.9 Å². The first kappa shape index (κ1) is 21.9. The van der Waals surface area contributed by atoms with Gasteiger partial charge >= 0.3 is 5.97 Å². The van der Waals surface area contributed by atoms with Crippen molar-refractivity contribution in [2.45, 2.75) is 37.5 Å². The molecule has 2 aromatic carbocycles. The number of piperidine rings is 1. The van der Waals surface area contributed by atoms with E-state index in [9.17, 15) is 19.5 Å². The van der Waals surface area contributed by atoms with Gasteiger partial charge in [0.05, 0.1) is 5.69 Å². The minimum absolute atomic E-state index is 0.0792. The highest BCUT2D eigenvalue weighted by Gasteiger charge is 2.56. The average Bonchev–Trinajstić information content (AvgIpc) is 3.49. The third-order valence-electron chi connectivity index (χ3n) is 7.23. The Bertz CT molecular complexity index is 1380. The van der Waals surface area contributed by atoms with Crippen molar-refractivity contribution in [1.29, 1.82) is 0 Å². The summed E-state index contributed by atoms with van der Waals surface area (Å²) < 4.78 is 1.42. The topological polar surface area (TPSA) is 95.7 Å². The summed E-state index contributed by atoms with van der Waals surface area (Å²) in [4.78, 5) is 41.8. The lowest BCUT2D eigenvalue weighted by Gasteiger charge is -2.34. The second-order valence-corrected chi connectivity index (χ2v) is 9.90. The van der Waals surface area contributed by atoms with Gasteiger partial charge in [-0.3, -0.25) is 9.59 Å². The summed E-state index contributed by atoms with van der Waals surface area (Å²) >= 11 is 6.18. The lowest BCUT2D eigenvalue weighted by molar-refractivity contribution is -0.119. The molecule has 1 aromatic heterocycles. The Morgan fingerprint density at radius 2 is 1.69 bits per heavy atom. The molecule has 1 saturated heterocycles. The highest BCUT2D eigenvalue weighted by Crippen LogP contribution is 2.54. The van der Waals surface area contributed by atoms with Crippen LogP contribution in [-0.2, 0) is 10.2 Å². The van der Waals surface area contributed by atoms with Crippen LogP contribution in [0.15, 0.2) is 48.5 Å². The van der Waals surface area contributed by atoms with Gasteiger partial charge < -0.3 is 14.9 Å². The molecule has 2 fully saturated rings. The van der Waals surface area contributed by atoms with Crippen LogP contribution in [0, 0.1) is 0 Å². The molecule has 0 atom stereocenters. The lowest BCUT2D eigenvalue weighted by Crippen LogP contribution is -2.44. The number of hydrogen-bond donors (Lipinski definition) is 1. The first-order chi connectivity index (χ1) is 16.9. The van der Waals surface area contributed by atoms with Gasteiger partial charge in [0.2, 0.25) is 5.91 Å². The summed E-state index contributed by atoms with van der Waals surface area (Å²) in [6.07, 6.45) is 4.01. The number of rotatable bonds is 4. The monoisotopic (exact) mass is 490 g/mol. The van der Waals surface area contributed by atoms with Gasteiger partial charge in [-0.1, -0.05) is 17.7 Å². The Hall–Kier alpha value is -3.65. The second kappa shape index (κ2) is 7.95. The number of aromatic carboxylic acids is 1. The lowest BCUT2D eigenvalue weighted by atomic mass is 9.88. The highest BCUT2D eigenvalue weighted by molar-refractivity contribution is 6.30. The fourth-order valence-electron chi connectivity index (χ4n) is 5.30. The van der Waals surface area contributed by atoms with Crippen molar-refractivity contribution >= 4 is 40.8 Å². The molecule has 0 bridgehead atoms. The van der Waals surface area contributed by atoms with E-state index in [0.717, 1.165) is 31.4 Å². The molecule has 1 saturated carbocycles. The molecule has 0 radical (unpaired) electrons. The number of carbonyl (C=O) groups is 3. The molecule has 3 aromatic rings. The largest absolute Gasteiger partial charge is 0.476 e. The van der Waals surface area contributed by atoms with E-state index in [0.29, 0.717) is 41.5 Å². The zero-order chi connectivity index (χ0) is 24.3. The van der Waals surface area contributed by atoms with E-state index >= 15 is 0 Å². The Morgan fingerprint density at radius 1 is 0.971 bits per heavy atom. The number of hydrogen-bond acceptors (Lipinski definition) is 4. The molecule has 6 rings (SSSR count). The van der Waals surface area contributed by atoms with E-state index in [-0.39, 0.29) is 23.2 Å². The van der Waals surface area contributed by atoms with Gasteiger partial charge in [-0.25, -0.2) is 9.48 Å². The van der Waals surface area contributed by atoms with Crippen molar-refractivity contribution in [3.8, 4) is 5.69 Å². The molecule has 8 nitrogen and oxygen atoms in total. The maximum Gasteiger partial charge on any atom is 0.356 e. The Morgan fingerprint density at radius 3 is 2.31 bits per heavy atom. The first-order valence-electron chi connectivity index (χ1n) is 11.7. The summed E-state index contributed by atoms with van der Waals surface area (Å²) in [7, 11) is 0. The summed E-state index contributed by atoms with van der Waals surface area (Å²) in [5.41, 5.74) is 2.33. The molecular formula is C26H23ClN4O4. The smallest absolute Gasteiger partial charge is 0.356 e. The molecular weight excluding hydrogens is 468 g/mol. The Balaban J connectivity index is 1.43. The van der Waals surface area contributed by atoms with Crippen molar-refractivity contribution in [3.05, 3.63) is 70.5 Å². The van der Waals surface area contributed by atoms with E-state index in [1.807, 2.05) is 24.3 Å². The molecule has 1 spiro atoms. The first-order valence-corrected chi connectivity index (χ1v) is 12.1. The average molecular weight is 491 g/mol.